The molecule has 1 saturated heterocycles. The van der Waals surface area contributed by atoms with Gasteiger partial charge in [0.25, 0.3) is 0 Å². The lowest BCUT2D eigenvalue weighted by atomic mass is 9.85. The van der Waals surface area contributed by atoms with E-state index < -0.39 is 36.2 Å². The van der Waals surface area contributed by atoms with Gasteiger partial charge in [-0.2, -0.15) is 0 Å². The monoisotopic (exact) mass is 376 g/mol. The largest absolute Gasteiger partial charge is 0.458 e. The number of carbonyl (C=O) groups is 2. The molecule has 27 heavy (non-hydrogen) atoms. The van der Waals surface area contributed by atoms with Crippen molar-refractivity contribution in [3.05, 3.63) is 47.6 Å². The van der Waals surface area contributed by atoms with Crippen LogP contribution in [0, 0.1) is 5.92 Å². The van der Waals surface area contributed by atoms with E-state index in [4.69, 9.17) is 14.2 Å². The summed E-state index contributed by atoms with van der Waals surface area (Å²) in [6.45, 7) is 11.1. The van der Waals surface area contributed by atoms with Crippen molar-refractivity contribution in [2.24, 2.45) is 5.92 Å². The molecule has 0 unspecified atom stereocenters. The summed E-state index contributed by atoms with van der Waals surface area (Å²) in [5.41, 5.74) is 2.49. The van der Waals surface area contributed by atoms with E-state index >= 15 is 0 Å². The molecule has 6 heteroatoms. The van der Waals surface area contributed by atoms with Crippen LogP contribution in [0.4, 0.5) is 0 Å². The average Bonchev–Trinajstić information content (AvgIpc) is 2.88. The zero-order valence-electron chi connectivity index (χ0n) is 16.2. The van der Waals surface area contributed by atoms with Crippen molar-refractivity contribution in [1.29, 1.82) is 0 Å². The molecule has 0 aromatic rings. The Labute approximate surface area is 160 Å². The van der Waals surface area contributed by atoms with E-state index in [0.717, 1.165) is 24.0 Å². The van der Waals surface area contributed by atoms with Gasteiger partial charge in [-0.15, -0.1) is 0 Å². The summed E-state index contributed by atoms with van der Waals surface area (Å²) < 4.78 is 16.2. The van der Waals surface area contributed by atoms with Crippen molar-refractivity contribution in [3.8, 4) is 0 Å². The molecule has 4 atom stereocenters. The predicted molar refractivity (Wildman–Crippen MR) is 101 cm³/mol. The number of ether oxygens (including phenoxy) is 3. The van der Waals surface area contributed by atoms with Gasteiger partial charge in [0.15, 0.2) is 0 Å². The number of hydrogen-bond acceptors (Lipinski definition) is 6. The van der Waals surface area contributed by atoms with E-state index in [2.05, 4.69) is 19.2 Å². The van der Waals surface area contributed by atoms with Gasteiger partial charge in [0.1, 0.15) is 18.3 Å². The van der Waals surface area contributed by atoms with Gasteiger partial charge in [-0.3, -0.25) is 0 Å². The Kier molecular flexibility index (Phi) is 7.16. The van der Waals surface area contributed by atoms with E-state index in [1.165, 1.54) is 7.11 Å². The molecule has 0 saturated carbocycles. The first-order valence-corrected chi connectivity index (χ1v) is 9.04. The van der Waals surface area contributed by atoms with Crippen LogP contribution >= 0.6 is 0 Å². The van der Waals surface area contributed by atoms with E-state index in [1.54, 1.807) is 0 Å². The van der Waals surface area contributed by atoms with Crippen molar-refractivity contribution in [2.45, 2.75) is 51.4 Å². The van der Waals surface area contributed by atoms with E-state index in [-0.39, 0.29) is 12.2 Å². The summed E-state index contributed by atoms with van der Waals surface area (Å²) in [5, 5.41) is 9.31. The zero-order chi connectivity index (χ0) is 20.1. The van der Waals surface area contributed by atoms with Crippen LogP contribution in [0.5, 0.6) is 0 Å². The Morgan fingerprint density at radius 1 is 1.41 bits per heavy atom. The maximum absolute atomic E-state index is 12.6. The molecule has 148 valence electrons. The normalized spacial score (nSPS) is 30.9. The van der Waals surface area contributed by atoms with Crippen molar-refractivity contribution in [2.75, 3.05) is 13.7 Å². The van der Waals surface area contributed by atoms with Gasteiger partial charge in [0, 0.05) is 19.1 Å². The van der Waals surface area contributed by atoms with Crippen LogP contribution in [0.2, 0.25) is 0 Å². The van der Waals surface area contributed by atoms with Gasteiger partial charge in [-0.05, 0) is 32.8 Å². The van der Waals surface area contributed by atoms with Crippen molar-refractivity contribution in [1.82, 2.24) is 0 Å². The van der Waals surface area contributed by atoms with Crippen molar-refractivity contribution in [3.63, 3.8) is 0 Å². The first-order chi connectivity index (χ1) is 12.8. The molecule has 0 radical (unpaired) electrons. The number of aliphatic hydroxyl groups is 1. The lowest BCUT2D eigenvalue weighted by molar-refractivity contribution is -0.148. The summed E-state index contributed by atoms with van der Waals surface area (Å²) >= 11 is 0. The topological polar surface area (TPSA) is 82.1 Å². The highest BCUT2D eigenvalue weighted by atomic mass is 16.6. The summed E-state index contributed by atoms with van der Waals surface area (Å²) in [6, 6.07) is 0. The minimum atomic E-state index is -0.837. The maximum Gasteiger partial charge on any atom is 0.336 e. The van der Waals surface area contributed by atoms with Crippen LogP contribution in [-0.4, -0.2) is 49.1 Å². The zero-order valence-corrected chi connectivity index (χ0v) is 16.2. The summed E-state index contributed by atoms with van der Waals surface area (Å²) in [4.78, 5) is 24.7. The predicted octanol–water partition coefficient (Wildman–Crippen LogP) is 2.64. The van der Waals surface area contributed by atoms with Gasteiger partial charge in [-0.25, -0.2) is 9.59 Å². The van der Waals surface area contributed by atoms with Gasteiger partial charge in [-0.1, -0.05) is 30.4 Å². The SMILES string of the molecule is C=C1C(=O)O[C@@H]2/C=C(/C)CC/C=C(/C)C[C@@H](OC(=O)C(=C)[C@@H](CO)OC)[C@@H]12. The molecule has 6 nitrogen and oxygen atoms in total. The maximum atomic E-state index is 12.6. The lowest BCUT2D eigenvalue weighted by Crippen LogP contribution is -2.35. The van der Waals surface area contributed by atoms with E-state index in [0.29, 0.717) is 12.0 Å². The van der Waals surface area contributed by atoms with Crippen LogP contribution in [0.25, 0.3) is 0 Å². The molecule has 1 aliphatic heterocycles. The summed E-state index contributed by atoms with van der Waals surface area (Å²) in [5.74, 6) is -1.61. The third kappa shape index (κ3) is 4.96. The Balaban J connectivity index is 2.32. The minimum Gasteiger partial charge on any atom is -0.458 e. The molecule has 2 rings (SSSR count). The second-order valence-electron chi connectivity index (χ2n) is 7.10. The van der Waals surface area contributed by atoms with Crippen LogP contribution in [0.3, 0.4) is 0 Å². The molecular formula is C21H28O6. The van der Waals surface area contributed by atoms with Gasteiger partial charge < -0.3 is 19.3 Å². The first kappa shape index (κ1) is 21.1. The van der Waals surface area contributed by atoms with E-state index in [1.807, 2.05) is 19.9 Å². The molecule has 0 aromatic carbocycles. The molecule has 1 N–H and O–H groups in total. The highest BCUT2D eigenvalue weighted by Gasteiger charge is 2.44. The van der Waals surface area contributed by atoms with Crippen LogP contribution < -0.4 is 0 Å². The van der Waals surface area contributed by atoms with Gasteiger partial charge in [0.05, 0.1) is 18.1 Å². The molecule has 0 bridgehead atoms. The lowest BCUT2D eigenvalue weighted by Gasteiger charge is -2.28. The second-order valence-corrected chi connectivity index (χ2v) is 7.10. The molecule has 1 heterocycles. The Morgan fingerprint density at radius 2 is 2.11 bits per heavy atom. The molecule has 1 fully saturated rings. The minimum absolute atomic E-state index is 0.0258. The average molecular weight is 376 g/mol. The van der Waals surface area contributed by atoms with Crippen LogP contribution in [0.1, 0.15) is 33.1 Å². The Hall–Kier alpha value is -2.18. The number of esters is 2. The third-order valence-corrected chi connectivity index (χ3v) is 5.03. The number of hydrogen-bond donors (Lipinski definition) is 1. The first-order valence-electron chi connectivity index (χ1n) is 9.04. The molecule has 0 aromatic heterocycles. The molecule has 2 aliphatic rings. The van der Waals surface area contributed by atoms with Crippen molar-refractivity contribution >= 4 is 11.9 Å². The number of aliphatic hydroxyl groups excluding tert-OH is 1. The third-order valence-electron chi connectivity index (χ3n) is 5.03. The quantitative estimate of drug-likeness (QED) is 0.451. The summed E-state index contributed by atoms with van der Waals surface area (Å²) in [7, 11) is 1.38. The van der Waals surface area contributed by atoms with Crippen molar-refractivity contribution < 1.29 is 28.9 Å². The van der Waals surface area contributed by atoms with Gasteiger partial charge >= 0.3 is 11.9 Å². The van der Waals surface area contributed by atoms with Crippen LogP contribution in [-0.2, 0) is 23.8 Å². The highest BCUT2D eigenvalue weighted by molar-refractivity contribution is 5.92. The number of methoxy groups -OCH3 is 1. The fourth-order valence-corrected chi connectivity index (χ4v) is 3.40. The molecule has 0 spiro atoms. The number of carbonyl (C=O) groups excluding carboxylic acids is 2. The van der Waals surface area contributed by atoms with Crippen LogP contribution in [0.15, 0.2) is 47.6 Å². The van der Waals surface area contributed by atoms with Gasteiger partial charge in [0.2, 0.25) is 0 Å². The number of allylic oxidation sites excluding steroid dienone is 2. The fourth-order valence-electron chi connectivity index (χ4n) is 3.40. The number of fused-ring (bicyclic) bond motifs is 1. The molecular weight excluding hydrogens is 348 g/mol. The second kappa shape index (κ2) is 9.15. The summed E-state index contributed by atoms with van der Waals surface area (Å²) in [6.07, 6.45) is 4.24. The molecule has 0 amide bonds. The highest BCUT2D eigenvalue weighted by Crippen LogP contribution is 2.36. The Bertz CT molecular complexity index is 683. The Morgan fingerprint density at radius 3 is 2.74 bits per heavy atom. The van der Waals surface area contributed by atoms with E-state index in [9.17, 15) is 14.7 Å². The molecule has 1 aliphatic carbocycles. The standard InChI is InChI=1S/C21H28O6/c1-12-7-6-8-13(2)10-17-19(15(4)21(24)27-17)16(9-12)26-20(23)14(3)18(11-22)25-5/h7,10,16-19,22H,3-4,6,8-9,11H2,1-2,5H3/b12-7-,13-10-/t16-,17-,18-,19-/m1/s1. The fraction of sp³-hybridized carbons (Fsp3) is 0.524. The smallest absolute Gasteiger partial charge is 0.336 e. The number of rotatable bonds is 5.